The number of nitrogens with one attached hydrogen (secondary N) is 1. The molecule has 0 bridgehead atoms. The predicted molar refractivity (Wildman–Crippen MR) is 95.7 cm³/mol. The lowest BCUT2D eigenvalue weighted by molar-refractivity contribution is 0.299. The summed E-state index contributed by atoms with van der Waals surface area (Å²) in [6.07, 6.45) is 3.71. The Bertz CT molecular complexity index is 577. The van der Waals surface area contributed by atoms with E-state index in [0.29, 0.717) is 5.56 Å². The number of unbranched alkanes of at least 4 members (excludes halogenated alkanes) is 2. The molecule has 0 aliphatic heterocycles. The van der Waals surface area contributed by atoms with Gasteiger partial charge >= 0.3 is 0 Å². The van der Waals surface area contributed by atoms with Crippen LogP contribution in [0.15, 0.2) is 48.5 Å². The molecule has 0 aliphatic rings. The largest absolute Gasteiger partial charge is 0.489 e. The summed E-state index contributed by atoms with van der Waals surface area (Å²) in [5.74, 6) is 0.548. The fourth-order valence-electron chi connectivity index (χ4n) is 2.25. The number of ether oxygens (including phenoxy) is 1. The molecular weight excluding hydrogens is 313 g/mol. The number of benzene rings is 2. The molecule has 0 atom stereocenters. The van der Waals surface area contributed by atoms with E-state index >= 15 is 0 Å². The van der Waals surface area contributed by atoms with Gasteiger partial charge in [0.05, 0.1) is 0 Å². The summed E-state index contributed by atoms with van der Waals surface area (Å²) >= 11 is 0. The highest BCUT2D eigenvalue weighted by Gasteiger charge is 2.02. The fourth-order valence-corrected chi connectivity index (χ4v) is 2.25. The third kappa shape index (κ3) is 7.02. The van der Waals surface area contributed by atoms with E-state index < -0.39 is 0 Å². The average Bonchev–Trinajstić information content (AvgIpc) is 2.54. The van der Waals surface area contributed by atoms with E-state index in [4.69, 9.17) is 4.74 Å². The van der Waals surface area contributed by atoms with Crippen LogP contribution in [0.3, 0.4) is 0 Å². The molecule has 1 N–H and O–H groups in total. The van der Waals surface area contributed by atoms with E-state index in [9.17, 15) is 4.39 Å². The molecule has 0 spiro atoms. The Morgan fingerprint density at radius 2 is 1.87 bits per heavy atom. The van der Waals surface area contributed by atoms with Crippen LogP contribution >= 0.6 is 12.4 Å². The number of rotatable bonds is 9. The highest BCUT2D eigenvalue weighted by Crippen LogP contribution is 2.16. The van der Waals surface area contributed by atoms with Gasteiger partial charge in [0.1, 0.15) is 18.2 Å². The van der Waals surface area contributed by atoms with Crippen molar-refractivity contribution in [2.45, 2.75) is 39.3 Å². The molecule has 2 aromatic rings. The SMILES string of the molecule is CCCCCNCc1cccc(OCc2ccccc2F)c1.Cl. The van der Waals surface area contributed by atoms with E-state index in [2.05, 4.69) is 18.3 Å². The van der Waals surface area contributed by atoms with Crippen molar-refractivity contribution in [3.05, 3.63) is 65.5 Å². The second kappa shape index (κ2) is 11.0. The number of hydrogen-bond acceptors (Lipinski definition) is 2. The fraction of sp³-hybridized carbons (Fsp3) is 0.368. The minimum Gasteiger partial charge on any atom is -0.489 e. The molecule has 2 aromatic carbocycles. The Kier molecular flexibility index (Phi) is 9.34. The van der Waals surface area contributed by atoms with Crippen LogP contribution in [0.5, 0.6) is 5.75 Å². The van der Waals surface area contributed by atoms with Crippen molar-refractivity contribution in [2.24, 2.45) is 0 Å². The lowest BCUT2D eigenvalue weighted by Crippen LogP contribution is -2.14. The van der Waals surface area contributed by atoms with E-state index in [1.807, 2.05) is 24.3 Å². The molecule has 23 heavy (non-hydrogen) atoms. The summed E-state index contributed by atoms with van der Waals surface area (Å²) in [5.41, 5.74) is 1.76. The standard InChI is InChI=1S/C19H24FNO.ClH/c1-2-3-6-12-21-14-16-8-7-10-18(13-16)22-15-17-9-4-5-11-19(17)20;/h4-5,7-11,13,21H,2-3,6,12,14-15H2,1H3;1H. The summed E-state index contributed by atoms with van der Waals surface area (Å²) < 4.78 is 19.2. The molecule has 0 aliphatic carbocycles. The molecule has 0 saturated carbocycles. The van der Waals surface area contributed by atoms with Crippen molar-refractivity contribution in [3.63, 3.8) is 0 Å². The van der Waals surface area contributed by atoms with Gasteiger partial charge in [0.15, 0.2) is 0 Å². The van der Waals surface area contributed by atoms with E-state index in [0.717, 1.165) is 18.8 Å². The van der Waals surface area contributed by atoms with Crippen LogP contribution in [0.4, 0.5) is 4.39 Å². The van der Waals surface area contributed by atoms with Crippen LogP contribution in [0.1, 0.15) is 37.3 Å². The Labute approximate surface area is 144 Å². The van der Waals surface area contributed by atoms with Gasteiger partial charge in [0.2, 0.25) is 0 Å². The van der Waals surface area contributed by atoms with Crippen LogP contribution in [-0.2, 0) is 13.2 Å². The van der Waals surface area contributed by atoms with Crippen molar-refractivity contribution in [2.75, 3.05) is 6.54 Å². The van der Waals surface area contributed by atoms with Gasteiger partial charge < -0.3 is 10.1 Å². The Hall–Kier alpha value is -1.58. The maximum absolute atomic E-state index is 13.5. The zero-order valence-electron chi connectivity index (χ0n) is 13.6. The lowest BCUT2D eigenvalue weighted by Gasteiger charge is -2.09. The summed E-state index contributed by atoms with van der Waals surface area (Å²) in [4.78, 5) is 0. The van der Waals surface area contributed by atoms with E-state index in [1.54, 1.807) is 12.1 Å². The Morgan fingerprint density at radius 3 is 2.65 bits per heavy atom. The van der Waals surface area contributed by atoms with Gasteiger partial charge in [-0.1, -0.05) is 50.1 Å². The van der Waals surface area contributed by atoms with Crippen molar-refractivity contribution in [1.82, 2.24) is 5.32 Å². The van der Waals surface area contributed by atoms with Crippen LogP contribution in [0.25, 0.3) is 0 Å². The summed E-state index contributed by atoms with van der Waals surface area (Å²) in [6.45, 7) is 4.32. The highest BCUT2D eigenvalue weighted by atomic mass is 35.5. The zero-order chi connectivity index (χ0) is 15.6. The normalized spacial score (nSPS) is 10.2. The van der Waals surface area contributed by atoms with Crippen molar-refractivity contribution < 1.29 is 9.13 Å². The molecular formula is C19H25ClFNO. The summed E-state index contributed by atoms with van der Waals surface area (Å²) in [5, 5.41) is 3.43. The molecule has 0 saturated heterocycles. The minimum atomic E-state index is -0.226. The molecule has 0 heterocycles. The smallest absolute Gasteiger partial charge is 0.129 e. The molecule has 2 nitrogen and oxygen atoms in total. The van der Waals surface area contributed by atoms with Crippen molar-refractivity contribution in [3.8, 4) is 5.75 Å². The first-order chi connectivity index (χ1) is 10.8. The van der Waals surface area contributed by atoms with Gasteiger partial charge in [-0.05, 0) is 36.7 Å². The topological polar surface area (TPSA) is 21.3 Å². The molecule has 4 heteroatoms. The van der Waals surface area contributed by atoms with Gasteiger partial charge in [-0.3, -0.25) is 0 Å². The molecule has 0 unspecified atom stereocenters. The quantitative estimate of drug-likeness (QED) is 0.642. The first-order valence-corrected chi connectivity index (χ1v) is 7.95. The Morgan fingerprint density at radius 1 is 1.04 bits per heavy atom. The van der Waals surface area contributed by atoms with Crippen LogP contribution in [-0.4, -0.2) is 6.54 Å². The molecule has 0 fully saturated rings. The molecule has 0 aromatic heterocycles. The van der Waals surface area contributed by atoms with E-state index in [-0.39, 0.29) is 24.8 Å². The maximum Gasteiger partial charge on any atom is 0.129 e. The van der Waals surface area contributed by atoms with Gasteiger partial charge in [0.25, 0.3) is 0 Å². The second-order valence-corrected chi connectivity index (χ2v) is 5.41. The predicted octanol–water partition coefficient (Wildman–Crippen LogP) is 5.11. The summed E-state index contributed by atoms with van der Waals surface area (Å²) in [6, 6.07) is 14.7. The van der Waals surface area contributed by atoms with Gasteiger partial charge in [-0.2, -0.15) is 0 Å². The van der Waals surface area contributed by atoms with Crippen LogP contribution in [0.2, 0.25) is 0 Å². The van der Waals surface area contributed by atoms with Gasteiger partial charge in [0, 0.05) is 12.1 Å². The average molecular weight is 338 g/mol. The Balaban J connectivity index is 0.00000264. The third-order valence-corrected chi connectivity index (χ3v) is 3.54. The zero-order valence-corrected chi connectivity index (χ0v) is 14.4. The summed E-state index contributed by atoms with van der Waals surface area (Å²) in [7, 11) is 0. The van der Waals surface area contributed by atoms with Gasteiger partial charge in [-0.25, -0.2) is 4.39 Å². The minimum absolute atomic E-state index is 0. The van der Waals surface area contributed by atoms with Gasteiger partial charge in [-0.15, -0.1) is 12.4 Å². The maximum atomic E-state index is 13.5. The lowest BCUT2D eigenvalue weighted by atomic mass is 10.2. The van der Waals surface area contributed by atoms with Crippen molar-refractivity contribution >= 4 is 12.4 Å². The van der Waals surface area contributed by atoms with Crippen LogP contribution in [0, 0.1) is 5.82 Å². The first kappa shape index (κ1) is 19.5. The molecule has 126 valence electrons. The second-order valence-electron chi connectivity index (χ2n) is 5.41. The number of halogens is 2. The first-order valence-electron chi connectivity index (χ1n) is 7.95. The molecule has 0 radical (unpaired) electrons. The van der Waals surface area contributed by atoms with Crippen LogP contribution < -0.4 is 10.1 Å². The molecule has 0 amide bonds. The number of hydrogen-bond donors (Lipinski definition) is 1. The monoisotopic (exact) mass is 337 g/mol. The highest BCUT2D eigenvalue weighted by molar-refractivity contribution is 5.85. The van der Waals surface area contributed by atoms with E-state index in [1.165, 1.54) is 30.9 Å². The molecule has 2 rings (SSSR count). The third-order valence-electron chi connectivity index (χ3n) is 3.54. The van der Waals surface area contributed by atoms with Crippen molar-refractivity contribution in [1.29, 1.82) is 0 Å².